The van der Waals surface area contributed by atoms with E-state index in [1.807, 2.05) is 6.07 Å². The Morgan fingerprint density at radius 1 is 1.21 bits per heavy atom. The lowest BCUT2D eigenvalue weighted by atomic mass is 9.77. The van der Waals surface area contributed by atoms with Crippen LogP contribution in [0.5, 0.6) is 0 Å². The van der Waals surface area contributed by atoms with Gasteiger partial charge in [-0.25, -0.2) is 15.4 Å². The molecule has 1 aliphatic rings. The normalized spacial score (nSPS) is 16.9. The van der Waals surface area contributed by atoms with Gasteiger partial charge in [-0.15, -0.1) is 0 Å². The van der Waals surface area contributed by atoms with Crippen molar-refractivity contribution in [2.45, 2.75) is 31.2 Å². The average molecular weight is 254 g/mol. The van der Waals surface area contributed by atoms with E-state index in [1.54, 1.807) is 12.5 Å². The van der Waals surface area contributed by atoms with Crippen LogP contribution in [-0.2, 0) is 0 Å². The molecule has 3 N–H and O–H groups in total. The monoisotopic (exact) mass is 254 g/mol. The smallest absolute Gasteiger partial charge is 0.115 e. The summed E-state index contributed by atoms with van der Waals surface area (Å²) in [6, 6.07) is 10.3. The molecule has 1 aliphatic carbocycles. The summed E-state index contributed by atoms with van der Waals surface area (Å²) in [5, 5.41) is 0. The molecule has 0 spiro atoms. The van der Waals surface area contributed by atoms with Gasteiger partial charge in [-0.2, -0.15) is 0 Å². The van der Waals surface area contributed by atoms with Crippen molar-refractivity contribution in [3.05, 3.63) is 59.7 Å². The summed E-state index contributed by atoms with van der Waals surface area (Å²) in [4.78, 5) is 8.28. The van der Waals surface area contributed by atoms with E-state index in [4.69, 9.17) is 5.84 Å². The van der Waals surface area contributed by atoms with Crippen molar-refractivity contribution >= 4 is 0 Å². The highest BCUT2D eigenvalue weighted by molar-refractivity contribution is 5.37. The van der Waals surface area contributed by atoms with Crippen LogP contribution in [0, 0.1) is 0 Å². The Balaban J connectivity index is 1.99. The molecule has 0 saturated heterocycles. The van der Waals surface area contributed by atoms with E-state index in [9.17, 15) is 0 Å². The Labute approximate surface area is 113 Å². The Morgan fingerprint density at radius 3 is 2.68 bits per heavy atom. The van der Waals surface area contributed by atoms with Crippen molar-refractivity contribution in [3.63, 3.8) is 0 Å². The molecule has 1 atom stereocenters. The van der Waals surface area contributed by atoms with Gasteiger partial charge in [-0.3, -0.25) is 5.84 Å². The summed E-state index contributed by atoms with van der Waals surface area (Å²) in [6.45, 7) is 0. The van der Waals surface area contributed by atoms with Gasteiger partial charge in [0.15, 0.2) is 0 Å². The standard InChI is InChI=1S/C15H18N4/c16-19-15(14-8-9-17-10-18-14)13-7-2-1-6-12(13)11-4-3-5-11/h1-2,6-11,15,19H,3-5,16H2. The van der Waals surface area contributed by atoms with Gasteiger partial charge in [0.25, 0.3) is 0 Å². The van der Waals surface area contributed by atoms with Gasteiger partial charge in [-0.05, 0) is 36.0 Å². The van der Waals surface area contributed by atoms with Gasteiger partial charge in [0.1, 0.15) is 6.33 Å². The van der Waals surface area contributed by atoms with Gasteiger partial charge in [0, 0.05) is 6.20 Å². The number of nitrogens with one attached hydrogen (secondary N) is 1. The van der Waals surface area contributed by atoms with Crippen LogP contribution < -0.4 is 11.3 Å². The number of aromatic nitrogens is 2. The second kappa shape index (κ2) is 5.47. The lowest BCUT2D eigenvalue weighted by Gasteiger charge is -2.30. The van der Waals surface area contributed by atoms with Crippen molar-refractivity contribution in [2.24, 2.45) is 5.84 Å². The fourth-order valence-electron chi connectivity index (χ4n) is 2.67. The highest BCUT2D eigenvalue weighted by Gasteiger charge is 2.25. The summed E-state index contributed by atoms with van der Waals surface area (Å²) < 4.78 is 0. The Hall–Kier alpha value is -1.78. The number of benzene rings is 1. The predicted molar refractivity (Wildman–Crippen MR) is 74.2 cm³/mol. The van der Waals surface area contributed by atoms with Gasteiger partial charge in [0.2, 0.25) is 0 Å². The average Bonchev–Trinajstić information content (AvgIpc) is 2.41. The first kappa shape index (κ1) is 12.3. The topological polar surface area (TPSA) is 63.8 Å². The fourth-order valence-corrected chi connectivity index (χ4v) is 2.67. The molecule has 0 bridgehead atoms. The molecular weight excluding hydrogens is 236 g/mol. The molecule has 3 rings (SSSR count). The molecule has 1 unspecified atom stereocenters. The third kappa shape index (κ3) is 2.37. The minimum atomic E-state index is -0.0696. The third-order valence-electron chi connectivity index (χ3n) is 3.92. The summed E-state index contributed by atoms with van der Waals surface area (Å²) in [6.07, 6.45) is 7.19. The number of hydrogen-bond donors (Lipinski definition) is 2. The predicted octanol–water partition coefficient (Wildman–Crippen LogP) is 2.30. The van der Waals surface area contributed by atoms with E-state index in [-0.39, 0.29) is 6.04 Å². The van der Waals surface area contributed by atoms with E-state index >= 15 is 0 Å². The van der Waals surface area contributed by atoms with Crippen LogP contribution in [0.3, 0.4) is 0 Å². The van der Waals surface area contributed by atoms with Gasteiger partial charge in [-0.1, -0.05) is 30.7 Å². The molecule has 1 fully saturated rings. The van der Waals surface area contributed by atoms with E-state index in [0.717, 1.165) is 5.69 Å². The number of nitrogens with two attached hydrogens (primary N) is 1. The summed E-state index contributed by atoms with van der Waals surface area (Å²) >= 11 is 0. The second-order valence-corrected chi connectivity index (χ2v) is 4.99. The number of hydrogen-bond acceptors (Lipinski definition) is 4. The van der Waals surface area contributed by atoms with Crippen LogP contribution in [0.2, 0.25) is 0 Å². The van der Waals surface area contributed by atoms with Crippen LogP contribution in [-0.4, -0.2) is 9.97 Å². The molecule has 0 amide bonds. The molecule has 1 heterocycles. The largest absolute Gasteiger partial charge is 0.271 e. The quantitative estimate of drug-likeness (QED) is 0.649. The van der Waals surface area contributed by atoms with Gasteiger partial charge < -0.3 is 0 Å². The second-order valence-electron chi connectivity index (χ2n) is 4.99. The van der Waals surface area contributed by atoms with E-state index < -0.39 is 0 Å². The van der Waals surface area contributed by atoms with Crippen molar-refractivity contribution in [1.29, 1.82) is 0 Å². The molecule has 4 nitrogen and oxygen atoms in total. The highest BCUT2D eigenvalue weighted by Crippen LogP contribution is 2.40. The highest BCUT2D eigenvalue weighted by atomic mass is 15.2. The molecule has 1 aromatic carbocycles. The number of rotatable bonds is 4. The SMILES string of the molecule is NNC(c1ccncn1)c1ccccc1C1CCC1. The summed E-state index contributed by atoms with van der Waals surface area (Å²) in [5.74, 6) is 6.43. The van der Waals surface area contributed by atoms with E-state index in [0.29, 0.717) is 5.92 Å². The summed E-state index contributed by atoms with van der Waals surface area (Å²) in [7, 11) is 0. The molecule has 2 aromatic rings. The van der Waals surface area contributed by atoms with E-state index in [1.165, 1.54) is 30.4 Å². The first-order valence-electron chi connectivity index (χ1n) is 6.71. The maximum atomic E-state index is 5.75. The lowest BCUT2D eigenvalue weighted by Crippen LogP contribution is -2.31. The zero-order valence-corrected chi connectivity index (χ0v) is 10.8. The first-order chi connectivity index (χ1) is 9.40. The minimum Gasteiger partial charge on any atom is -0.271 e. The molecule has 0 aliphatic heterocycles. The summed E-state index contributed by atoms with van der Waals surface area (Å²) in [5.41, 5.74) is 6.42. The fraction of sp³-hybridized carbons (Fsp3) is 0.333. The van der Waals surface area contributed by atoms with Crippen molar-refractivity contribution in [3.8, 4) is 0 Å². The van der Waals surface area contributed by atoms with Crippen LogP contribution in [0.1, 0.15) is 48.0 Å². The molecular formula is C15H18N4. The Morgan fingerprint density at radius 2 is 2.05 bits per heavy atom. The minimum absolute atomic E-state index is 0.0696. The molecule has 1 aromatic heterocycles. The third-order valence-corrected chi connectivity index (χ3v) is 3.92. The maximum absolute atomic E-state index is 5.75. The zero-order chi connectivity index (χ0) is 13.1. The zero-order valence-electron chi connectivity index (χ0n) is 10.8. The molecule has 19 heavy (non-hydrogen) atoms. The molecule has 98 valence electrons. The van der Waals surface area contributed by atoms with Crippen molar-refractivity contribution < 1.29 is 0 Å². The maximum Gasteiger partial charge on any atom is 0.115 e. The number of hydrazine groups is 1. The molecule has 0 radical (unpaired) electrons. The van der Waals surface area contributed by atoms with Crippen LogP contribution in [0.25, 0.3) is 0 Å². The Bertz CT molecular complexity index is 537. The van der Waals surface area contributed by atoms with E-state index in [2.05, 4.69) is 39.7 Å². The lowest BCUT2D eigenvalue weighted by molar-refractivity contribution is 0.414. The Kier molecular flexibility index (Phi) is 3.53. The van der Waals surface area contributed by atoms with Gasteiger partial charge >= 0.3 is 0 Å². The van der Waals surface area contributed by atoms with Crippen molar-refractivity contribution in [1.82, 2.24) is 15.4 Å². The first-order valence-corrected chi connectivity index (χ1v) is 6.71. The van der Waals surface area contributed by atoms with Crippen LogP contribution in [0.4, 0.5) is 0 Å². The number of nitrogens with zero attached hydrogens (tertiary/aromatic N) is 2. The van der Waals surface area contributed by atoms with Crippen LogP contribution in [0.15, 0.2) is 42.9 Å². The molecule has 1 saturated carbocycles. The van der Waals surface area contributed by atoms with Crippen LogP contribution >= 0.6 is 0 Å². The van der Waals surface area contributed by atoms with Gasteiger partial charge in [0.05, 0.1) is 11.7 Å². The molecule has 4 heteroatoms. The van der Waals surface area contributed by atoms with Crippen molar-refractivity contribution in [2.75, 3.05) is 0 Å².